The molecule has 1 saturated heterocycles. The second-order valence-corrected chi connectivity index (χ2v) is 6.43. The van der Waals surface area contributed by atoms with Gasteiger partial charge < -0.3 is 10.2 Å². The van der Waals surface area contributed by atoms with Crippen LogP contribution in [0.5, 0.6) is 0 Å². The molecule has 0 bridgehead atoms. The SMILES string of the molecule is CC1CCN(C(C)C(=O)N(C)CC(=O)NC2CC2)CC1. The van der Waals surface area contributed by atoms with Crippen LogP contribution < -0.4 is 5.32 Å². The molecule has 1 saturated carbocycles. The molecule has 114 valence electrons. The minimum absolute atomic E-state index is 0.0391. The monoisotopic (exact) mass is 281 g/mol. The zero-order valence-electron chi connectivity index (χ0n) is 12.9. The van der Waals surface area contributed by atoms with E-state index in [0.29, 0.717) is 6.04 Å². The Kier molecular flexibility index (Phi) is 5.02. The molecule has 2 fully saturated rings. The summed E-state index contributed by atoms with van der Waals surface area (Å²) in [5, 5.41) is 2.92. The van der Waals surface area contributed by atoms with Crippen molar-refractivity contribution in [1.82, 2.24) is 15.1 Å². The maximum Gasteiger partial charge on any atom is 0.239 e. The fourth-order valence-electron chi connectivity index (χ4n) is 2.69. The largest absolute Gasteiger partial charge is 0.352 e. The highest BCUT2D eigenvalue weighted by atomic mass is 16.2. The Hall–Kier alpha value is -1.10. The lowest BCUT2D eigenvalue weighted by Crippen LogP contribution is -2.50. The molecule has 2 amide bonds. The van der Waals surface area contributed by atoms with Crippen LogP contribution in [0, 0.1) is 5.92 Å². The van der Waals surface area contributed by atoms with Crippen LogP contribution >= 0.6 is 0 Å². The standard InChI is InChI=1S/C15H27N3O2/c1-11-6-8-18(9-7-11)12(2)15(20)17(3)10-14(19)16-13-4-5-13/h11-13H,4-10H2,1-3H3,(H,16,19). The first-order chi connectivity index (χ1) is 9.47. The van der Waals surface area contributed by atoms with E-state index in [2.05, 4.69) is 17.1 Å². The lowest BCUT2D eigenvalue weighted by atomic mass is 9.98. The molecule has 0 aromatic heterocycles. The van der Waals surface area contributed by atoms with Crippen LogP contribution in [-0.4, -0.2) is 60.4 Å². The highest BCUT2D eigenvalue weighted by Crippen LogP contribution is 2.19. The summed E-state index contributed by atoms with van der Waals surface area (Å²) in [5.74, 6) is 0.768. The Morgan fingerprint density at radius 3 is 2.40 bits per heavy atom. The van der Waals surface area contributed by atoms with Gasteiger partial charge in [0.25, 0.3) is 0 Å². The molecule has 1 unspecified atom stereocenters. The molecule has 1 aliphatic carbocycles. The van der Waals surface area contributed by atoms with Crippen molar-refractivity contribution >= 4 is 11.8 Å². The lowest BCUT2D eigenvalue weighted by molar-refractivity contribution is -0.139. The Balaban J connectivity index is 1.77. The zero-order valence-corrected chi connectivity index (χ0v) is 12.9. The fourth-order valence-corrected chi connectivity index (χ4v) is 2.69. The molecule has 5 heteroatoms. The molecule has 1 heterocycles. The van der Waals surface area contributed by atoms with Crippen LogP contribution in [0.15, 0.2) is 0 Å². The number of amides is 2. The summed E-state index contributed by atoms with van der Waals surface area (Å²) < 4.78 is 0. The third-order valence-electron chi connectivity index (χ3n) is 4.42. The summed E-state index contributed by atoms with van der Waals surface area (Å²) in [6, 6.07) is 0.230. The Labute approximate surface area is 121 Å². The zero-order chi connectivity index (χ0) is 14.7. The van der Waals surface area contributed by atoms with Gasteiger partial charge in [-0.05, 0) is 51.6 Å². The van der Waals surface area contributed by atoms with Crippen molar-refractivity contribution in [3.63, 3.8) is 0 Å². The minimum atomic E-state index is -0.124. The number of likely N-dealkylation sites (N-methyl/N-ethyl adjacent to an activating group) is 1. The number of hydrogen-bond acceptors (Lipinski definition) is 3. The molecule has 5 nitrogen and oxygen atoms in total. The maximum absolute atomic E-state index is 12.4. The van der Waals surface area contributed by atoms with Gasteiger partial charge in [0, 0.05) is 13.1 Å². The van der Waals surface area contributed by atoms with E-state index in [1.54, 1.807) is 11.9 Å². The summed E-state index contributed by atoms with van der Waals surface area (Å²) >= 11 is 0. The normalized spacial score (nSPS) is 22.4. The van der Waals surface area contributed by atoms with Gasteiger partial charge >= 0.3 is 0 Å². The van der Waals surface area contributed by atoms with Crippen molar-refractivity contribution in [2.45, 2.75) is 51.6 Å². The van der Waals surface area contributed by atoms with E-state index in [0.717, 1.165) is 44.7 Å². The van der Waals surface area contributed by atoms with Gasteiger partial charge in [-0.1, -0.05) is 6.92 Å². The average molecular weight is 281 g/mol. The number of likely N-dealkylation sites (tertiary alicyclic amines) is 1. The molecule has 0 spiro atoms. The van der Waals surface area contributed by atoms with Crippen LogP contribution in [0.3, 0.4) is 0 Å². The van der Waals surface area contributed by atoms with Gasteiger partial charge in [-0.3, -0.25) is 14.5 Å². The predicted octanol–water partition coefficient (Wildman–Crippen LogP) is 0.844. The number of nitrogens with zero attached hydrogens (tertiary/aromatic N) is 2. The van der Waals surface area contributed by atoms with Crippen LogP contribution in [0.25, 0.3) is 0 Å². The predicted molar refractivity (Wildman–Crippen MR) is 78.2 cm³/mol. The molecule has 20 heavy (non-hydrogen) atoms. The lowest BCUT2D eigenvalue weighted by Gasteiger charge is -2.35. The number of nitrogens with one attached hydrogen (secondary N) is 1. The molecule has 2 aliphatic rings. The number of carbonyl (C=O) groups is 2. The van der Waals surface area contributed by atoms with E-state index in [1.165, 1.54) is 0 Å². The van der Waals surface area contributed by atoms with Gasteiger partial charge in [-0.15, -0.1) is 0 Å². The molecule has 1 aliphatic heterocycles. The third-order valence-corrected chi connectivity index (χ3v) is 4.42. The minimum Gasteiger partial charge on any atom is -0.352 e. The topological polar surface area (TPSA) is 52.7 Å². The molecule has 0 aromatic carbocycles. The summed E-state index contributed by atoms with van der Waals surface area (Å²) in [5.41, 5.74) is 0. The first-order valence-electron chi connectivity index (χ1n) is 7.75. The molecule has 1 atom stereocenters. The maximum atomic E-state index is 12.4. The first-order valence-corrected chi connectivity index (χ1v) is 7.75. The fraction of sp³-hybridized carbons (Fsp3) is 0.867. The van der Waals surface area contributed by atoms with E-state index in [-0.39, 0.29) is 24.4 Å². The molecule has 2 rings (SSSR count). The van der Waals surface area contributed by atoms with Crippen molar-refractivity contribution < 1.29 is 9.59 Å². The van der Waals surface area contributed by atoms with E-state index < -0.39 is 0 Å². The van der Waals surface area contributed by atoms with E-state index in [1.807, 2.05) is 6.92 Å². The van der Waals surface area contributed by atoms with Gasteiger partial charge in [0.1, 0.15) is 0 Å². The molecular weight excluding hydrogens is 254 g/mol. The van der Waals surface area contributed by atoms with Gasteiger partial charge in [-0.2, -0.15) is 0 Å². The van der Waals surface area contributed by atoms with Crippen molar-refractivity contribution in [2.24, 2.45) is 5.92 Å². The van der Waals surface area contributed by atoms with E-state index >= 15 is 0 Å². The van der Waals surface area contributed by atoms with Gasteiger partial charge in [0.2, 0.25) is 11.8 Å². The van der Waals surface area contributed by atoms with Crippen LogP contribution in [0.4, 0.5) is 0 Å². The van der Waals surface area contributed by atoms with E-state index in [9.17, 15) is 9.59 Å². The first kappa shape index (κ1) is 15.3. The molecule has 1 N–H and O–H groups in total. The Bertz CT molecular complexity index is 360. The average Bonchev–Trinajstić information content (AvgIpc) is 3.21. The smallest absolute Gasteiger partial charge is 0.239 e. The van der Waals surface area contributed by atoms with Crippen molar-refractivity contribution in [1.29, 1.82) is 0 Å². The van der Waals surface area contributed by atoms with Crippen molar-refractivity contribution in [2.75, 3.05) is 26.7 Å². The van der Waals surface area contributed by atoms with Crippen LogP contribution in [0.1, 0.15) is 39.5 Å². The molecule has 0 radical (unpaired) electrons. The van der Waals surface area contributed by atoms with Crippen LogP contribution in [-0.2, 0) is 9.59 Å². The summed E-state index contributed by atoms with van der Waals surface area (Å²) in [4.78, 5) is 27.9. The van der Waals surface area contributed by atoms with Gasteiger partial charge in [0.05, 0.1) is 12.6 Å². The van der Waals surface area contributed by atoms with Gasteiger partial charge in [-0.25, -0.2) is 0 Å². The quantitative estimate of drug-likeness (QED) is 0.812. The highest BCUT2D eigenvalue weighted by Gasteiger charge is 2.29. The summed E-state index contributed by atoms with van der Waals surface area (Å²) in [6.07, 6.45) is 4.46. The van der Waals surface area contributed by atoms with Crippen molar-refractivity contribution in [3.05, 3.63) is 0 Å². The Morgan fingerprint density at radius 2 is 1.85 bits per heavy atom. The third kappa shape index (κ3) is 4.20. The second kappa shape index (κ2) is 6.57. The number of rotatable bonds is 5. The summed E-state index contributed by atoms with van der Waals surface area (Å²) in [6.45, 7) is 6.35. The molecule has 0 aromatic rings. The van der Waals surface area contributed by atoms with Gasteiger partial charge in [0.15, 0.2) is 0 Å². The number of carbonyl (C=O) groups excluding carboxylic acids is 2. The highest BCUT2D eigenvalue weighted by molar-refractivity contribution is 5.87. The second-order valence-electron chi connectivity index (χ2n) is 6.43. The number of piperidine rings is 1. The van der Waals surface area contributed by atoms with Crippen molar-refractivity contribution in [3.8, 4) is 0 Å². The Morgan fingerprint density at radius 1 is 1.25 bits per heavy atom. The van der Waals surface area contributed by atoms with Crippen LogP contribution in [0.2, 0.25) is 0 Å². The number of hydrogen-bond donors (Lipinski definition) is 1. The molecular formula is C15H27N3O2. The summed E-state index contributed by atoms with van der Waals surface area (Å²) in [7, 11) is 1.72. The van der Waals surface area contributed by atoms with E-state index in [4.69, 9.17) is 0 Å².